The van der Waals surface area contributed by atoms with E-state index >= 15 is 0 Å². The minimum Gasteiger partial charge on any atom is -0.312 e. The van der Waals surface area contributed by atoms with E-state index in [1.165, 1.54) is 64.6 Å². The van der Waals surface area contributed by atoms with Gasteiger partial charge in [-0.3, -0.25) is 4.90 Å². The molecule has 2 nitrogen and oxygen atoms in total. The van der Waals surface area contributed by atoms with Gasteiger partial charge in [-0.05, 0) is 69.4 Å². The Kier molecular flexibility index (Phi) is 3.68. The molecule has 0 radical (unpaired) electrons. The lowest BCUT2D eigenvalue weighted by Gasteiger charge is -2.40. The molecule has 104 valence electrons. The fourth-order valence-corrected chi connectivity index (χ4v) is 3.87. The van der Waals surface area contributed by atoms with Gasteiger partial charge < -0.3 is 5.32 Å². The van der Waals surface area contributed by atoms with Crippen molar-refractivity contribution in [3.05, 3.63) is 0 Å². The van der Waals surface area contributed by atoms with Crippen LogP contribution in [0, 0.1) is 11.3 Å². The van der Waals surface area contributed by atoms with Gasteiger partial charge in [0, 0.05) is 18.6 Å². The van der Waals surface area contributed by atoms with Crippen LogP contribution in [0.4, 0.5) is 0 Å². The molecule has 1 aliphatic heterocycles. The van der Waals surface area contributed by atoms with Crippen molar-refractivity contribution < 1.29 is 0 Å². The second-order valence-electron chi connectivity index (χ2n) is 7.64. The zero-order valence-corrected chi connectivity index (χ0v) is 12.3. The molecular weight excluding hydrogens is 220 g/mol. The van der Waals surface area contributed by atoms with Crippen LogP contribution in [0.1, 0.15) is 58.8 Å². The molecule has 3 fully saturated rings. The van der Waals surface area contributed by atoms with Crippen LogP contribution in [0.5, 0.6) is 0 Å². The molecule has 1 unspecified atom stereocenters. The fourth-order valence-electron chi connectivity index (χ4n) is 3.87. The summed E-state index contributed by atoms with van der Waals surface area (Å²) in [7, 11) is 0. The molecule has 0 aromatic heterocycles. The first-order valence-corrected chi connectivity index (χ1v) is 8.11. The van der Waals surface area contributed by atoms with Crippen molar-refractivity contribution in [1.82, 2.24) is 10.2 Å². The predicted molar refractivity (Wildman–Crippen MR) is 76.7 cm³/mol. The van der Waals surface area contributed by atoms with E-state index in [-0.39, 0.29) is 0 Å². The number of nitrogens with zero attached hydrogens (tertiary/aromatic N) is 1. The van der Waals surface area contributed by atoms with Crippen molar-refractivity contribution in [1.29, 1.82) is 0 Å². The number of hydrogen-bond donors (Lipinski definition) is 1. The molecule has 0 aromatic rings. The Morgan fingerprint density at radius 3 is 2.44 bits per heavy atom. The highest BCUT2D eigenvalue weighted by molar-refractivity contribution is 4.93. The molecule has 2 aliphatic carbocycles. The summed E-state index contributed by atoms with van der Waals surface area (Å²) in [5.74, 6) is 1.01. The van der Waals surface area contributed by atoms with E-state index in [1.807, 2.05) is 0 Å². The summed E-state index contributed by atoms with van der Waals surface area (Å²) in [6, 6.07) is 1.70. The van der Waals surface area contributed by atoms with Gasteiger partial charge in [-0.1, -0.05) is 13.8 Å². The average Bonchev–Trinajstić information content (AvgIpc) is 3.15. The SMILES string of the molecule is CC1(C)CCC(N2CCCNC(C3CC3)C2)CC1. The smallest absolute Gasteiger partial charge is 0.0223 e. The van der Waals surface area contributed by atoms with E-state index in [9.17, 15) is 0 Å². The molecule has 3 rings (SSSR count). The van der Waals surface area contributed by atoms with E-state index in [0.29, 0.717) is 5.41 Å². The summed E-state index contributed by atoms with van der Waals surface area (Å²) in [6.45, 7) is 8.80. The summed E-state index contributed by atoms with van der Waals surface area (Å²) >= 11 is 0. The van der Waals surface area contributed by atoms with Gasteiger partial charge in [0.05, 0.1) is 0 Å². The van der Waals surface area contributed by atoms with Gasteiger partial charge in [-0.2, -0.15) is 0 Å². The van der Waals surface area contributed by atoms with Crippen molar-refractivity contribution in [3.8, 4) is 0 Å². The van der Waals surface area contributed by atoms with Crippen LogP contribution in [-0.4, -0.2) is 36.6 Å². The highest BCUT2D eigenvalue weighted by Crippen LogP contribution is 2.38. The highest BCUT2D eigenvalue weighted by atomic mass is 15.2. The number of nitrogens with one attached hydrogen (secondary N) is 1. The predicted octanol–water partition coefficient (Wildman–Crippen LogP) is 3.03. The maximum atomic E-state index is 3.79. The Labute approximate surface area is 113 Å². The lowest BCUT2D eigenvalue weighted by atomic mass is 9.75. The van der Waals surface area contributed by atoms with E-state index in [0.717, 1.165) is 18.0 Å². The van der Waals surface area contributed by atoms with Crippen LogP contribution in [-0.2, 0) is 0 Å². The van der Waals surface area contributed by atoms with Gasteiger partial charge in [0.15, 0.2) is 0 Å². The summed E-state index contributed by atoms with van der Waals surface area (Å²) in [5.41, 5.74) is 0.608. The largest absolute Gasteiger partial charge is 0.312 e. The number of rotatable bonds is 2. The number of hydrogen-bond acceptors (Lipinski definition) is 2. The Hall–Kier alpha value is -0.0800. The highest BCUT2D eigenvalue weighted by Gasteiger charge is 2.36. The van der Waals surface area contributed by atoms with Crippen LogP contribution in [0.25, 0.3) is 0 Å². The molecule has 18 heavy (non-hydrogen) atoms. The second kappa shape index (κ2) is 5.13. The van der Waals surface area contributed by atoms with Crippen molar-refractivity contribution in [3.63, 3.8) is 0 Å². The zero-order chi connectivity index (χ0) is 12.6. The van der Waals surface area contributed by atoms with E-state index < -0.39 is 0 Å². The van der Waals surface area contributed by atoms with Crippen LogP contribution < -0.4 is 5.32 Å². The molecule has 2 saturated carbocycles. The van der Waals surface area contributed by atoms with Crippen LogP contribution in [0.15, 0.2) is 0 Å². The van der Waals surface area contributed by atoms with Gasteiger partial charge >= 0.3 is 0 Å². The van der Waals surface area contributed by atoms with Gasteiger partial charge in [0.2, 0.25) is 0 Å². The zero-order valence-electron chi connectivity index (χ0n) is 12.3. The quantitative estimate of drug-likeness (QED) is 0.810. The fraction of sp³-hybridized carbons (Fsp3) is 1.00. The summed E-state index contributed by atoms with van der Waals surface area (Å²) in [6.07, 6.45) is 10.0. The molecule has 1 atom stereocenters. The lowest BCUT2D eigenvalue weighted by molar-refractivity contribution is 0.103. The molecule has 2 heteroatoms. The first kappa shape index (κ1) is 12.9. The minimum atomic E-state index is 0.608. The summed E-state index contributed by atoms with van der Waals surface area (Å²) in [5, 5.41) is 3.79. The van der Waals surface area contributed by atoms with Crippen molar-refractivity contribution >= 4 is 0 Å². The monoisotopic (exact) mass is 250 g/mol. The third-order valence-electron chi connectivity index (χ3n) is 5.48. The van der Waals surface area contributed by atoms with Crippen LogP contribution in [0.2, 0.25) is 0 Å². The molecular formula is C16H30N2. The standard InChI is InChI=1S/C16H30N2/c1-16(2)8-6-14(7-9-16)18-11-3-10-17-15(12-18)13-4-5-13/h13-15,17H,3-12H2,1-2H3. The Morgan fingerprint density at radius 1 is 1.06 bits per heavy atom. The molecule has 0 amide bonds. The molecule has 1 heterocycles. The van der Waals surface area contributed by atoms with Gasteiger partial charge in [-0.15, -0.1) is 0 Å². The molecule has 0 aromatic carbocycles. The maximum absolute atomic E-state index is 3.79. The third-order valence-corrected chi connectivity index (χ3v) is 5.48. The third kappa shape index (κ3) is 3.08. The second-order valence-corrected chi connectivity index (χ2v) is 7.64. The van der Waals surface area contributed by atoms with Crippen molar-refractivity contribution in [2.75, 3.05) is 19.6 Å². The first-order valence-electron chi connectivity index (χ1n) is 8.11. The topological polar surface area (TPSA) is 15.3 Å². The van der Waals surface area contributed by atoms with E-state index in [4.69, 9.17) is 0 Å². The molecule has 3 aliphatic rings. The Balaban J connectivity index is 1.57. The summed E-state index contributed by atoms with van der Waals surface area (Å²) in [4.78, 5) is 2.83. The van der Waals surface area contributed by atoms with Crippen molar-refractivity contribution in [2.45, 2.75) is 70.9 Å². The van der Waals surface area contributed by atoms with Gasteiger partial charge in [-0.25, -0.2) is 0 Å². The molecule has 0 spiro atoms. The first-order chi connectivity index (χ1) is 8.64. The van der Waals surface area contributed by atoms with Gasteiger partial charge in [0.25, 0.3) is 0 Å². The van der Waals surface area contributed by atoms with Crippen LogP contribution >= 0.6 is 0 Å². The van der Waals surface area contributed by atoms with Crippen LogP contribution in [0.3, 0.4) is 0 Å². The Morgan fingerprint density at radius 2 is 1.78 bits per heavy atom. The molecule has 0 bridgehead atoms. The molecule has 1 saturated heterocycles. The maximum Gasteiger partial charge on any atom is 0.0223 e. The van der Waals surface area contributed by atoms with Gasteiger partial charge in [0.1, 0.15) is 0 Å². The normalized spacial score (nSPS) is 35.3. The lowest BCUT2D eigenvalue weighted by Crippen LogP contribution is -2.45. The average molecular weight is 250 g/mol. The van der Waals surface area contributed by atoms with E-state index in [2.05, 4.69) is 24.1 Å². The van der Waals surface area contributed by atoms with Crippen molar-refractivity contribution in [2.24, 2.45) is 11.3 Å². The Bertz CT molecular complexity index is 273. The van der Waals surface area contributed by atoms with E-state index in [1.54, 1.807) is 0 Å². The summed E-state index contributed by atoms with van der Waals surface area (Å²) < 4.78 is 0. The molecule has 1 N–H and O–H groups in total. The minimum absolute atomic E-state index is 0.608.